The molecule has 1 aromatic carbocycles. The summed E-state index contributed by atoms with van der Waals surface area (Å²) in [7, 11) is 0. The van der Waals surface area contributed by atoms with Crippen molar-refractivity contribution in [1.29, 1.82) is 5.26 Å². The SMILES string of the molecule is C=C[C@H](CCCCC)[C@@](O)(CBr)c1ccc(C#N)cc1. The minimum Gasteiger partial charge on any atom is -0.384 e. The van der Waals surface area contributed by atoms with Gasteiger partial charge >= 0.3 is 0 Å². The third-order valence-electron chi connectivity index (χ3n) is 3.73. The van der Waals surface area contributed by atoms with Crippen molar-refractivity contribution in [2.75, 3.05) is 5.33 Å². The molecule has 1 aromatic rings. The molecule has 0 heterocycles. The van der Waals surface area contributed by atoms with E-state index in [4.69, 9.17) is 5.26 Å². The summed E-state index contributed by atoms with van der Waals surface area (Å²) in [4.78, 5) is 0. The monoisotopic (exact) mass is 335 g/mol. The van der Waals surface area contributed by atoms with Gasteiger partial charge in [0.15, 0.2) is 0 Å². The largest absolute Gasteiger partial charge is 0.384 e. The van der Waals surface area contributed by atoms with Crippen molar-refractivity contribution in [3.8, 4) is 6.07 Å². The Morgan fingerprint density at radius 3 is 2.50 bits per heavy atom. The molecule has 0 aromatic heterocycles. The van der Waals surface area contributed by atoms with Gasteiger partial charge in [0.1, 0.15) is 5.60 Å². The lowest BCUT2D eigenvalue weighted by Gasteiger charge is -2.33. The molecule has 0 aliphatic heterocycles. The van der Waals surface area contributed by atoms with Gasteiger partial charge in [-0.2, -0.15) is 5.26 Å². The van der Waals surface area contributed by atoms with E-state index in [1.165, 1.54) is 0 Å². The molecule has 0 amide bonds. The molecule has 0 aliphatic carbocycles. The molecule has 0 spiro atoms. The quantitative estimate of drug-likeness (QED) is 0.431. The summed E-state index contributed by atoms with van der Waals surface area (Å²) in [5.41, 5.74) is 0.463. The van der Waals surface area contributed by atoms with Crippen LogP contribution in [0.5, 0.6) is 0 Å². The predicted octanol–water partition coefficient (Wildman–Crippen LogP) is 4.52. The summed E-state index contributed by atoms with van der Waals surface area (Å²) in [6, 6.07) is 9.24. The maximum Gasteiger partial charge on any atom is 0.105 e. The van der Waals surface area contributed by atoms with Gasteiger partial charge in [-0.25, -0.2) is 0 Å². The lowest BCUT2D eigenvalue weighted by Crippen LogP contribution is -2.36. The second-order valence-electron chi connectivity index (χ2n) is 5.09. The smallest absolute Gasteiger partial charge is 0.105 e. The van der Waals surface area contributed by atoms with E-state index >= 15 is 0 Å². The molecular formula is C17H22BrNO. The van der Waals surface area contributed by atoms with Crippen LogP contribution < -0.4 is 0 Å². The molecule has 20 heavy (non-hydrogen) atoms. The van der Waals surface area contributed by atoms with Gasteiger partial charge in [-0.05, 0) is 24.1 Å². The zero-order chi connectivity index (χ0) is 15.0. The number of nitrogens with zero attached hydrogens (tertiary/aromatic N) is 1. The summed E-state index contributed by atoms with van der Waals surface area (Å²) in [5.74, 6) is 0.00126. The van der Waals surface area contributed by atoms with Crippen LogP contribution in [-0.2, 0) is 5.60 Å². The normalized spacial score (nSPS) is 15.1. The lowest BCUT2D eigenvalue weighted by atomic mass is 9.79. The maximum absolute atomic E-state index is 11.0. The van der Waals surface area contributed by atoms with Crippen LogP contribution in [0.15, 0.2) is 36.9 Å². The number of benzene rings is 1. The van der Waals surface area contributed by atoms with Crippen molar-refractivity contribution in [2.24, 2.45) is 5.92 Å². The van der Waals surface area contributed by atoms with E-state index in [0.717, 1.165) is 31.2 Å². The second kappa shape index (κ2) is 8.24. The number of nitriles is 1. The first-order valence-corrected chi connectivity index (χ1v) is 8.16. The number of hydrogen-bond donors (Lipinski definition) is 1. The Bertz CT molecular complexity index is 463. The fraction of sp³-hybridized carbons (Fsp3) is 0.471. The van der Waals surface area contributed by atoms with Gasteiger partial charge < -0.3 is 5.11 Å². The highest BCUT2D eigenvalue weighted by Crippen LogP contribution is 2.35. The fourth-order valence-corrected chi connectivity index (χ4v) is 3.13. The first-order valence-electron chi connectivity index (χ1n) is 7.04. The molecule has 1 rings (SSSR count). The van der Waals surface area contributed by atoms with E-state index in [1.54, 1.807) is 12.1 Å². The summed E-state index contributed by atoms with van der Waals surface area (Å²) in [6.45, 7) is 6.05. The number of aliphatic hydroxyl groups is 1. The maximum atomic E-state index is 11.0. The van der Waals surface area contributed by atoms with E-state index in [9.17, 15) is 5.11 Å². The molecule has 3 heteroatoms. The van der Waals surface area contributed by atoms with Crippen molar-refractivity contribution >= 4 is 15.9 Å². The molecule has 2 atom stereocenters. The molecule has 0 fully saturated rings. The van der Waals surface area contributed by atoms with E-state index in [1.807, 2.05) is 18.2 Å². The minimum atomic E-state index is -0.969. The van der Waals surface area contributed by atoms with E-state index in [2.05, 4.69) is 35.5 Å². The molecule has 0 unspecified atom stereocenters. The van der Waals surface area contributed by atoms with Gasteiger partial charge in [-0.15, -0.1) is 6.58 Å². The molecule has 0 bridgehead atoms. The van der Waals surface area contributed by atoms with Gasteiger partial charge in [-0.1, -0.05) is 60.3 Å². The number of hydrogen-bond acceptors (Lipinski definition) is 2. The Morgan fingerprint density at radius 2 is 2.05 bits per heavy atom. The predicted molar refractivity (Wildman–Crippen MR) is 86.7 cm³/mol. The highest BCUT2D eigenvalue weighted by Gasteiger charge is 2.35. The van der Waals surface area contributed by atoms with Crippen molar-refractivity contribution in [3.63, 3.8) is 0 Å². The van der Waals surface area contributed by atoms with Crippen LogP contribution in [0.3, 0.4) is 0 Å². The van der Waals surface area contributed by atoms with Crippen molar-refractivity contribution in [2.45, 2.75) is 38.2 Å². The lowest BCUT2D eigenvalue weighted by molar-refractivity contribution is 0.0158. The van der Waals surface area contributed by atoms with Gasteiger partial charge in [0.05, 0.1) is 11.6 Å². The summed E-state index contributed by atoms with van der Waals surface area (Å²) >= 11 is 3.43. The average molecular weight is 336 g/mol. The standard InChI is InChI=1S/C17H22BrNO/c1-3-5-6-7-15(4-2)17(20,13-18)16-10-8-14(12-19)9-11-16/h4,8-11,15,20H,2-3,5-7,13H2,1H3/t15-,17+/m1/s1. The molecule has 0 aliphatic rings. The Kier molecular flexibility index (Phi) is 6.98. The number of rotatable bonds is 8. The highest BCUT2D eigenvalue weighted by molar-refractivity contribution is 9.09. The average Bonchev–Trinajstić information content (AvgIpc) is 2.51. The summed E-state index contributed by atoms with van der Waals surface area (Å²) in [6.07, 6.45) is 6.16. The third kappa shape index (κ3) is 3.94. The molecule has 2 nitrogen and oxygen atoms in total. The molecular weight excluding hydrogens is 314 g/mol. The van der Waals surface area contributed by atoms with Crippen LogP contribution in [0, 0.1) is 17.2 Å². The van der Waals surface area contributed by atoms with Gasteiger partial charge in [0.25, 0.3) is 0 Å². The van der Waals surface area contributed by atoms with E-state index in [0.29, 0.717) is 10.9 Å². The number of unbranched alkanes of at least 4 members (excludes halogenated alkanes) is 2. The molecule has 108 valence electrons. The van der Waals surface area contributed by atoms with Crippen molar-refractivity contribution in [3.05, 3.63) is 48.0 Å². The molecule has 0 radical (unpaired) electrons. The van der Waals surface area contributed by atoms with Crippen LogP contribution in [0.2, 0.25) is 0 Å². The molecule has 0 saturated heterocycles. The van der Waals surface area contributed by atoms with Crippen LogP contribution in [0.25, 0.3) is 0 Å². The van der Waals surface area contributed by atoms with E-state index < -0.39 is 5.60 Å². The van der Waals surface area contributed by atoms with Gasteiger partial charge in [0.2, 0.25) is 0 Å². The van der Waals surface area contributed by atoms with Crippen LogP contribution in [-0.4, -0.2) is 10.4 Å². The van der Waals surface area contributed by atoms with E-state index in [-0.39, 0.29) is 5.92 Å². The third-order valence-corrected chi connectivity index (χ3v) is 4.59. The van der Waals surface area contributed by atoms with Crippen LogP contribution >= 0.6 is 15.9 Å². The van der Waals surface area contributed by atoms with Crippen molar-refractivity contribution in [1.82, 2.24) is 0 Å². The minimum absolute atomic E-state index is 0.00126. The topological polar surface area (TPSA) is 44.0 Å². The highest BCUT2D eigenvalue weighted by atomic mass is 79.9. The molecule has 0 saturated carbocycles. The Balaban J connectivity index is 2.97. The zero-order valence-corrected chi connectivity index (χ0v) is 13.6. The Labute approximate surface area is 130 Å². The van der Waals surface area contributed by atoms with Gasteiger partial charge in [-0.3, -0.25) is 0 Å². The molecule has 1 N–H and O–H groups in total. The fourth-order valence-electron chi connectivity index (χ4n) is 2.39. The van der Waals surface area contributed by atoms with Gasteiger partial charge in [0, 0.05) is 11.2 Å². The number of alkyl halides is 1. The number of halogens is 1. The van der Waals surface area contributed by atoms with Crippen molar-refractivity contribution < 1.29 is 5.11 Å². The Morgan fingerprint density at radius 1 is 1.40 bits per heavy atom. The zero-order valence-electron chi connectivity index (χ0n) is 12.0. The van der Waals surface area contributed by atoms with Crippen LogP contribution in [0.4, 0.5) is 0 Å². The summed E-state index contributed by atoms with van der Waals surface area (Å²) < 4.78 is 0. The Hall–Kier alpha value is -1.11. The first kappa shape index (κ1) is 16.9. The first-order chi connectivity index (χ1) is 9.62. The second-order valence-corrected chi connectivity index (χ2v) is 5.65. The summed E-state index contributed by atoms with van der Waals surface area (Å²) in [5, 5.41) is 20.3. The van der Waals surface area contributed by atoms with Crippen LogP contribution in [0.1, 0.15) is 43.7 Å².